The van der Waals surface area contributed by atoms with Crippen LogP contribution in [0.4, 0.5) is 14.5 Å². The van der Waals surface area contributed by atoms with Gasteiger partial charge in [0.25, 0.3) is 0 Å². The highest BCUT2D eigenvalue weighted by Gasteiger charge is 2.23. The minimum absolute atomic E-state index is 0.169. The van der Waals surface area contributed by atoms with E-state index in [0.717, 1.165) is 19.5 Å². The molecule has 1 unspecified atom stereocenters. The summed E-state index contributed by atoms with van der Waals surface area (Å²) in [4.78, 5) is 1.92. The molecule has 19 heavy (non-hydrogen) atoms. The highest BCUT2D eigenvalue weighted by molar-refractivity contribution is 9.10. The average Bonchev–Trinajstić information content (AvgIpc) is 2.33. The van der Waals surface area contributed by atoms with Gasteiger partial charge in [0.05, 0.1) is 10.2 Å². The lowest BCUT2D eigenvalue weighted by Gasteiger charge is -2.36. The summed E-state index contributed by atoms with van der Waals surface area (Å²) < 4.78 is 27.7. The number of benzene rings is 1. The number of anilines is 1. The Morgan fingerprint density at radius 1 is 1.37 bits per heavy atom. The Bertz CT molecular complexity index is 451. The zero-order valence-corrected chi connectivity index (χ0v) is 12.8. The Hall–Kier alpha value is -0.680. The van der Waals surface area contributed by atoms with Crippen molar-refractivity contribution < 1.29 is 8.78 Å². The first-order chi connectivity index (χ1) is 8.97. The molecule has 106 valence electrons. The fourth-order valence-corrected chi connectivity index (χ4v) is 2.84. The Morgan fingerprint density at radius 2 is 2.11 bits per heavy atom. The van der Waals surface area contributed by atoms with Crippen LogP contribution in [0.3, 0.4) is 0 Å². The number of nitrogens with zero attached hydrogens (tertiary/aromatic N) is 1. The van der Waals surface area contributed by atoms with Crippen LogP contribution in [0, 0.1) is 17.6 Å². The predicted molar refractivity (Wildman–Crippen MR) is 77.5 cm³/mol. The molecule has 0 bridgehead atoms. The Morgan fingerprint density at radius 3 is 2.79 bits per heavy atom. The lowest BCUT2D eigenvalue weighted by Crippen LogP contribution is -2.51. The highest BCUT2D eigenvalue weighted by atomic mass is 79.9. The summed E-state index contributed by atoms with van der Waals surface area (Å²) in [6.07, 6.45) is 1.04. The van der Waals surface area contributed by atoms with Crippen LogP contribution in [0.1, 0.15) is 20.3 Å². The fraction of sp³-hybridized carbons (Fsp3) is 0.571. The number of piperazine rings is 1. The Labute approximate surface area is 121 Å². The van der Waals surface area contributed by atoms with Crippen molar-refractivity contribution in [3.8, 4) is 0 Å². The van der Waals surface area contributed by atoms with E-state index in [1.54, 1.807) is 0 Å². The third kappa shape index (κ3) is 3.66. The van der Waals surface area contributed by atoms with Gasteiger partial charge < -0.3 is 10.2 Å². The first-order valence-electron chi connectivity index (χ1n) is 6.60. The quantitative estimate of drug-likeness (QED) is 0.851. The van der Waals surface area contributed by atoms with Gasteiger partial charge in [0.2, 0.25) is 0 Å². The van der Waals surface area contributed by atoms with Crippen molar-refractivity contribution in [2.75, 3.05) is 24.5 Å². The minimum Gasteiger partial charge on any atom is -0.366 e. The Kier molecular flexibility index (Phi) is 4.79. The zero-order valence-electron chi connectivity index (χ0n) is 11.2. The lowest BCUT2D eigenvalue weighted by atomic mass is 10.0. The molecule has 2 rings (SSSR count). The molecule has 0 aromatic heterocycles. The number of hydrogen-bond acceptors (Lipinski definition) is 2. The number of rotatable bonds is 3. The maximum absolute atomic E-state index is 13.9. The summed E-state index contributed by atoms with van der Waals surface area (Å²) in [6, 6.07) is 2.81. The molecule has 1 aromatic carbocycles. The van der Waals surface area contributed by atoms with Crippen molar-refractivity contribution in [2.45, 2.75) is 26.3 Å². The SMILES string of the molecule is CC(C)CC1CN(c2cc(F)c(Br)cc2F)CCN1. The predicted octanol–water partition coefficient (Wildman–Crippen LogP) is 3.55. The smallest absolute Gasteiger partial charge is 0.147 e. The zero-order chi connectivity index (χ0) is 14.0. The molecule has 1 N–H and O–H groups in total. The van der Waals surface area contributed by atoms with E-state index in [1.165, 1.54) is 12.1 Å². The molecule has 1 aliphatic rings. The molecule has 0 aliphatic carbocycles. The molecule has 0 radical (unpaired) electrons. The molecule has 1 atom stereocenters. The molecule has 0 saturated carbocycles. The maximum atomic E-state index is 13.9. The van der Waals surface area contributed by atoms with Gasteiger partial charge in [-0.25, -0.2) is 8.78 Å². The van der Waals surface area contributed by atoms with E-state index in [-0.39, 0.29) is 10.3 Å². The van der Waals surface area contributed by atoms with Gasteiger partial charge in [0.15, 0.2) is 0 Å². The standard InChI is InChI=1S/C14H19BrF2N2/c1-9(2)5-10-8-19(4-3-18-10)14-7-12(16)11(15)6-13(14)17/h6-7,9-10,18H,3-5,8H2,1-2H3. The summed E-state index contributed by atoms with van der Waals surface area (Å²) in [5.41, 5.74) is 0.357. The van der Waals surface area contributed by atoms with Gasteiger partial charge in [0, 0.05) is 31.7 Å². The fourth-order valence-electron chi connectivity index (χ4n) is 2.53. The van der Waals surface area contributed by atoms with Gasteiger partial charge in [-0.15, -0.1) is 0 Å². The summed E-state index contributed by atoms with van der Waals surface area (Å²) in [6.45, 7) is 6.55. The van der Waals surface area contributed by atoms with Crippen molar-refractivity contribution in [2.24, 2.45) is 5.92 Å². The molecule has 2 nitrogen and oxygen atoms in total. The van der Waals surface area contributed by atoms with E-state index >= 15 is 0 Å². The van der Waals surface area contributed by atoms with Gasteiger partial charge in [-0.1, -0.05) is 13.8 Å². The molecule has 1 aromatic rings. The first-order valence-corrected chi connectivity index (χ1v) is 7.39. The van der Waals surface area contributed by atoms with Crippen molar-refractivity contribution in [1.29, 1.82) is 0 Å². The van der Waals surface area contributed by atoms with E-state index in [1.807, 2.05) is 4.90 Å². The first kappa shape index (κ1) is 14.7. The van der Waals surface area contributed by atoms with Crippen molar-refractivity contribution in [3.63, 3.8) is 0 Å². The third-order valence-electron chi connectivity index (χ3n) is 3.34. The van der Waals surface area contributed by atoms with Crippen molar-refractivity contribution in [1.82, 2.24) is 5.32 Å². The van der Waals surface area contributed by atoms with Crippen molar-refractivity contribution >= 4 is 21.6 Å². The molecule has 1 heterocycles. The minimum atomic E-state index is -0.421. The summed E-state index contributed by atoms with van der Waals surface area (Å²) >= 11 is 3.00. The van der Waals surface area contributed by atoms with Crippen LogP contribution in [0.15, 0.2) is 16.6 Å². The third-order valence-corrected chi connectivity index (χ3v) is 3.95. The largest absolute Gasteiger partial charge is 0.366 e. The lowest BCUT2D eigenvalue weighted by molar-refractivity contribution is 0.386. The highest BCUT2D eigenvalue weighted by Crippen LogP contribution is 2.27. The topological polar surface area (TPSA) is 15.3 Å². The van der Waals surface area contributed by atoms with Crippen LogP contribution in [0.25, 0.3) is 0 Å². The van der Waals surface area contributed by atoms with E-state index in [2.05, 4.69) is 35.1 Å². The van der Waals surface area contributed by atoms with Crippen molar-refractivity contribution in [3.05, 3.63) is 28.2 Å². The number of halogens is 3. The molecule has 5 heteroatoms. The molecular weight excluding hydrogens is 314 g/mol. The van der Waals surface area contributed by atoms with Crippen LogP contribution in [0.5, 0.6) is 0 Å². The van der Waals surface area contributed by atoms with Gasteiger partial charge in [-0.05, 0) is 34.3 Å². The van der Waals surface area contributed by atoms with Crippen LogP contribution in [-0.4, -0.2) is 25.7 Å². The van der Waals surface area contributed by atoms with Gasteiger partial charge in [-0.3, -0.25) is 0 Å². The maximum Gasteiger partial charge on any atom is 0.147 e. The monoisotopic (exact) mass is 332 g/mol. The average molecular weight is 333 g/mol. The molecule has 1 saturated heterocycles. The van der Waals surface area contributed by atoms with Crippen LogP contribution < -0.4 is 10.2 Å². The second-order valence-corrected chi connectivity index (χ2v) is 6.30. The van der Waals surface area contributed by atoms with E-state index in [4.69, 9.17) is 0 Å². The molecular formula is C14H19BrF2N2. The summed E-state index contributed by atoms with van der Waals surface area (Å²) in [5, 5.41) is 3.43. The molecule has 1 fully saturated rings. The molecule has 1 aliphatic heterocycles. The second-order valence-electron chi connectivity index (χ2n) is 5.44. The molecule has 0 spiro atoms. The van der Waals surface area contributed by atoms with Crippen LogP contribution in [-0.2, 0) is 0 Å². The van der Waals surface area contributed by atoms with Gasteiger partial charge >= 0.3 is 0 Å². The van der Waals surface area contributed by atoms with E-state index in [0.29, 0.717) is 24.2 Å². The van der Waals surface area contributed by atoms with Crippen LogP contribution in [0.2, 0.25) is 0 Å². The number of nitrogens with one attached hydrogen (secondary N) is 1. The summed E-state index contributed by atoms with van der Waals surface area (Å²) in [7, 11) is 0. The normalized spacial score (nSPS) is 20.1. The van der Waals surface area contributed by atoms with E-state index < -0.39 is 5.82 Å². The van der Waals surface area contributed by atoms with Gasteiger partial charge in [0.1, 0.15) is 11.6 Å². The summed E-state index contributed by atoms with van der Waals surface area (Å²) in [5.74, 6) is -0.210. The number of hydrogen-bond donors (Lipinski definition) is 1. The Balaban J connectivity index is 2.15. The van der Waals surface area contributed by atoms with Gasteiger partial charge in [-0.2, -0.15) is 0 Å². The van der Waals surface area contributed by atoms with Crippen LogP contribution >= 0.6 is 15.9 Å². The molecule has 0 amide bonds. The van der Waals surface area contributed by atoms with E-state index in [9.17, 15) is 8.78 Å². The second kappa shape index (κ2) is 6.18.